The molecule has 0 bridgehead atoms. The van der Waals surface area contributed by atoms with E-state index in [2.05, 4.69) is 10.6 Å². The Morgan fingerprint density at radius 1 is 1.11 bits per heavy atom. The highest BCUT2D eigenvalue weighted by atomic mass is 16.7. The first-order valence-corrected chi connectivity index (χ1v) is 8.69. The number of likely N-dealkylation sites (N-methyl/N-ethyl adjacent to an activating group) is 1. The van der Waals surface area contributed by atoms with E-state index in [9.17, 15) is 4.79 Å². The van der Waals surface area contributed by atoms with Crippen molar-refractivity contribution in [2.24, 2.45) is 0 Å². The first-order valence-electron chi connectivity index (χ1n) is 8.69. The Morgan fingerprint density at radius 3 is 2.74 bits per heavy atom. The fraction of sp³-hybridized carbons (Fsp3) is 0.250. The van der Waals surface area contributed by atoms with Crippen LogP contribution in [0.3, 0.4) is 0 Å². The summed E-state index contributed by atoms with van der Waals surface area (Å²) in [6, 6.07) is 14.8. The van der Waals surface area contributed by atoms with E-state index in [0.29, 0.717) is 23.7 Å². The quantitative estimate of drug-likeness (QED) is 0.721. The van der Waals surface area contributed by atoms with Gasteiger partial charge < -0.3 is 24.5 Å². The van der Waals surface area contributed by atoms with Crippen molar-refractivity contribution >= 4 is 22.7 Å². The number of hydrogen-bond donors (Lipinski definition) is 2. The minimum atomic E-state index is -0.295. The van der Waals surface area contributed by atoms with E-state index in [4.69, 9.17) is 13.9 Å². The molecule has 0 saturated heterocycles. The summed E-state index contributed by atoms with van der Waals surface area (Å²) in [6.07, 6.45) is 0. The number of carbonyl (C=O) groups is 1. The van der Waals surface area contributed by atoms with Gasteiger partial charge in [0.1, 0.15) is 11.3 Å². The summed E-state index contributed by atoms with van der Waals surface area (Å²) in [5.41, 5.74) is 1.48. The number of rotatable bonds is 5. The van der Waals surface area contributed by atoms with Gasteiger partial charge in [0, 0.05) is 23.7 Å². The van der Waals surface area contributed by atoms with E-state index in [1.165, 1.54) is 0 Å². The molecule has 4 rings (SSSR count). The fourth-order valence-corrected chi connectivity index (χ4v) is 3.04. The minimum absolute atomic E-state index is 0.0834. The number of anilines is 1. The molecule has 2 heterocycles. The van der Waals surface area contributed by atoms with Crippen LogP contribution in [-0.2, 0) is 0 Å². The van der Waals surface area contributed by atoms with E-state index in [0.717, 1.165) is 16.7 Å². The van der Waals surface area contributed by atoms with Crippen LogP contribution in [-0.4, -0.2) is 38.4 Å². The number of para-hydroxylation sites is 1. The van der Waals surface area contributed by atoms with E-state index in [1.54, 1.807) is 18.2 Å². The normalized spacial score (nSPS) is 13.7. The molecular weight excluding hydrogens is 346 g/mol. The van der Waals surface area contributed by atoms with Crippen LogP contribution in [0.15, 0.2) is 52.9 Å². The van der Waals surface area contributed by atoms with Crippen LogP contribution in [0.1, 0.15) is 11.8 Å². The summed E-state index contributed by atoms with van der Waals surface area (Å²) < 4.78 is 16.5. The molecule has 2 N–H and O–H groups in total. The molecule has 7 heteroatoms. The number of nitrogens with zero attached hydrogens (tertiary/aromatic N) is 1. The summed E-state index contributed by atoms with van der Waals surface area (Å²) in [5.74, 6) is 2.12. The number of hydrogen-bond acceptors (Lipinski definition) is 5. The molecule has 140 valence electrons. The molecule has 0 spiro atoms. The lowest BCUT2D eigenvalue weighted by Gasteiger charge is -2.22. The van der Waals surface area contributed by atoms with Gasteiger partial charge in [0.15, 0.2) is 11.5 Å². The first kappa shape index (κ1) is 17.2. The molecule has 0 unspecified atom stereocenters. The van der Waals surface area contributed by atoms with Gasteiger partial charge in [0.25, 0.3) is 0 Å². The lowest BCUT2D eigenvalue weighted by molar-refractivity contribution is 0.174. The summed E-state index contributed by atoms with van der Waals surface area (Å²) in [7, 11) is 3.91. The fourth-order valence-electron chi connectivity index (χ4n) is 3.04. The van der Waals surface area contributed by atoms with E-state index >= 15 is 0 Å². The van der Waals surface area contributed by atoms with Gasteiger partial charge in [-0.15, -0.1) is 0 Å². The van der Waals surface area contributed by atoms with Crippen LogP contribution in [0.25, 0.3) is 11.0 Å². The van der Waals surface area contributed by atoms with Gasteiger partial charge in [-0.05, 0) is 38.4 Å². The maximum Gasteiger partial charge on any atom is 0.319 e. The third kappa shape index (κ3) is 3.68. The van der Waals surface area contributed by atoms with Crippen molar-refractivity contribution in [3.05, 3.63) is 54.3 Å². The van der Waals surface area contributed by atoms with Crippen LogP contribution in [0.4, 0.5) is 10.5 Å². The van der Waals surface area contributed by atoms with E-state index < -0.39 is 0 Å². The number of carbonyl (C=O) groups excluding carboxylic acids is 1. The largest absolute Gasteiger partial charge is 0.459 e. The Balaban J connectivity index is 1.41. The number of urea groups is 1. The molecule has 0 fully saturated rings. The van der Waals surface area contributed by atoms with Gasteiger partial charge in [-0.1, -0.05) is 18.2 Å². The molecule has 2 amide bonds. The van der Waals surface area contributed by atoms with Gasteiger partial charge in [-0.25, -0.2) is 4.79 Å². The second kappa shape index (κ2) is 7.20. The predicted octanol–water partition coefficient (Wildman–Crippen LogP) is 3.59. The molecule has 1 atom stereocenters. The zero-order valence-corrected chi connectivity index (χ0v) is 15.2. The topological polar surface area (TPSA) is 76.0 Å². The number of benzene rings is 2. The van der Waals surface area contributed by atoms with Crippen LogP contribution < -0.4 is 20.1 Å². The van der Waals surface area contributed by atoms with Crippen molar-refractivity contribution in [3.8, 4) is 11.5 Å². The van der Waals surface area contributed by atoms with Gasteiger partial charge in [-0.2, -0.15) is 0 Å². The second-order valence-corrected chi connectivity index (χ2v) is 6.57. The Labute approximate surface area is 156 Å². The lowest BCUT2D eigenvalue weighted by Crippen LogP contribution is -2.36. The number of fused-ring (bicyclic) bond motifs is 2. The molecular formula is C20H21N3O4. The van der Waals surface area contributed by atoms with Crippen LogP contribution >= 0.6 is 0 Å². The predicted molar refractivity (Wildman–Crippen MR) is 102 cm³/mol. The molecule has 2 aromatic carbocycles. The minimum Gasteiger partial charge on any atom is -0.459 e. The maximum absolute atomic E-state index is 12.3. The van der Waals surface area contributed by atoms with Crippen molar-refractivity contribution in [3.63, 3.8) is 0 Å². The molecule has 1 aromatic heterocycles. The van der Waals surface area contributed by atoms with Crippen molar-refractivity contribution in [1.29, 1.82) is 0 Å². The van der Waals surface area contributed by atoms with Crippen LogP contribution in [0, 0.1) is 0 Å². The summed E-state index contributed by atoms with van der Waals surface area (Å²) in [6.45, 7) is 0.607. The van der Waals surface area contributed by atoms with Crippen molar-refractivity contribution in [2.45, 2.75) is 6.04 Å². The highest BCUT2D eigenvalue weighted by molar-refractivity contribution is 5.89. The summed E-state index contributed by atoms with van der Waals surface area (Å²) >= 11 is 0. The van der Waals surface area contributed by atoms with Gasteiger partial charge in [-0.3, -0.25) is 4.90 Å². The zero-order chi connectivity index (χ0) is 18.8. The average molecular weight is 367 g/mol. The molecule has 0 saturated carbocycles. The SMILES string of the molecule is CN(C)[C@H](CNC(=O)Nc1ccc2c(c1)OCO2)c1cc2ccccc2o1. The van der Waals surface area contributed by atoms with Gasteiger partial charge in [0.2, 0.25) is 6.79 Å². The number of amides is 2. The summed E-state index contributed by atoms with van der Waals surface area (Å²) in [5, 5.41) is 6.75. The van der Waals surface area contributed by atoms with Gasteiger partial charge >= 0.3 is 6.03 Å². The molecule has 3 aromatic rings. The highest BCUT2D eigenvalue weighted by Gasteiger charge is 2.20. The Kier molecular flexibility index (Phi) is 4.60. The molecule has 1 aliphatic heterocycles. The highest BCUT2D eigenvalue weighted by Crippen LogP contribution is 2.34. The molecule has 0 radical (unpaired) electrons. The molecule has 1 aliphatic rings. The number of furan rings is 1. The number of ether oxygens (including phenoxy) is 2. The maximum atomic E-state index is 12.3. The Bertz CT molecular complexity index is 934. The van der Waals surface area contributed by atoms with Gasteiger partial charge in [0.05, 0.1) is 6.04 Å². The molecule has 0 aliphatic carbocycles. The summed E-state index contributed by atoms with van der Waals surface area (Å²) in [4.78, 5) is 14.3. The lowest BCUT2D eigenvalue weighted by atomic mass is 10.2. The van der Waals surface area contributed by atoms with Crippen molar-refractivity contribution in [2.75, 3.05) is 32.7 Å². The van der Waals surface area contributed by atoms with E-state index in [1.807, 2.05) is 49.3 Å². The monoisotopic (exact) mass is 367 g/mol. The van der Waals surface area contributed by atoms with E-state index in [-0.39, 0.29) is 18.9 Å². The Hall–Kier alpha value is -3.19. The van der Waals surface area contributed by atoms with Crippen molar-refractivity contribution < 1.29 is 18.7 Å². The smallest absolute Gasteiger partial charge is 0.319 e. The van der Waals surface area contributed by atoms with Crippen LogP contribution in [0.5, 0.6) is 11.5 Å². The average Bonchev–Trinajstić information content (AvgIpc) is 3.27. The molecule has 27 heavy (non-hydrogen) atoms. The first-order chi connectivity index (χ1) is 13.1. The van der Waals surface area contributed by atoms with Crippen molar-refractivity contribution in [1.82, 2.24) is 10.2 Å². The van der Waals surface area contributed by atoms with Crippen LogP contribution in [0.2, 0.25) is 0 Å². The number of nitrogens with one attached hydrogen (secondary N) is 2. The second-order valence-electron chi connectivity index (χ2n) is 6.57. The third-order valence-electron chi connectivity index (χ3n) is 4.48. The molecule has 7 nitrogen and oxygen atoms in total. The third-order valence-corrected chi connectivity index (χ3v) is 4.48. The standard InChI is InChI=1S/C20H21N3O4/c1-23(2)15(18-9-13-5-3-4-6-16(13)27-18)11-21-20(24)22-14-7-8-17-19(10-14)26-12-25-17/h3-10,15H,11-12H2,1-2H3,(H2,21,22,24)/t15-/m1/s1. The zero-order valence-electron chi connectivity index (χ0n) is 15.2. The Morgan fingerprint density at radius 2 is 1.93 bits per heavy atom.